The van der Waals surface area contributed by atoms with Crippen LogP contribution in [0.3, 0.4) is 0 Å². The number of nitrogens with zero attached hydrogens (tertiary/aromatic N) is 2. The summed E-state index contributed by atoms with van der Waals surface area (Å²) in [7, 11) is 0. The Morgan fingerprint density at radius 1 is 1.02 bits per heavy atom. The van der Waals surface area contributed by atoms with E-state index in [4.69, 9.17) is 16.4 Å². The lowest BCUT2D eigenvalue weighted by Gasteiger charge is -2.36. The van der Waals surface area contributed by atoms with Gasteiger partial charge in [0, 0.05) is 36.4 Å². The molecule has 1 spiro atoms. The Labute approximate surface area is 294 Å². The van der Waals surface area contributed by atoms with E-state index >= 15 is 0 Å². The fraction of sp³-hybridized carbons (Fsp3) is 0.676. The number of Topliss-reactive ketones (excluding diaryl/α,β-unsaturated/α-hetero) is 1. The first kappa shape index (κ1) is 36.8. The highest BCUT2D eigenvalue weighted by Gasteiger charge is 2.56. The second kappa shape index (κ2) is 15.6. The maximum Gasteiger partial charge on any atom is 0.289 e. The molecule has 3 N–H and O–H groups in total. The van der Waals surface area contributed by atoms with Gasteiger partial charge in [-0.15, -0.1) is 0 Å². The van der Waals surface area contributed by atoms with Crippen molar-refractivity contribution in [3.8, 4) is 0 Å². The number of benzene rings is 1. The van der Waals surface area contributed by atoms with Crippen LogP contribution in [0.25, 0.3) is 0 Å². The summed E-state index contributed by atoms with van der Waals surface area (Å²) in [5.41, 5.74) is -0.240. The molecule has 0 bridgehead atoms. The number of amides is 4. The first-order valence-electron chi connectivity index (χ1n) is 18.0. The van der Waals surface area contributed by atoms with Crippen molar-refractivity contribution < 1.29 is 28.8 Å². The van der Waals surface area contributed by atoms with E-state index in [1.54, 1.807) is 19.1 Å². The van der Waals surface area contributed by atoms with E-state index in [9.17, 15) is 24.0 Å². The molecule has 4 aliphatic rings. The van der Waals surface area contributed by atoms with Gasteiger partial charge in [0.1, 0.15) is 12.1 Å². The second-order valence-electron chi connectivity index (χ2n) is 15.6. The van der Waals surface area contributed by atoms with Crippen LogP contribution in [0.4, 0.5) is 0 Å². The van der Waals surface area contributed by atoms with Crippen molar-refractivity contribution in [2.45, 2.75) is 128 Å². The van der Waals surface area contributed by atoms with Gasteiger partial charge >= 0.3 is 0 Å². The predicted molar refractivity (Wildman–Crippen MR) is 187 cm³/mol. The van der Waals surface area contributed by atoms with E-state index in [2.05, 4.69) is 21.1 Å². The minimum atomic E-state index is -1.02. The van der Waals surface area contributed by atoms with Gasteiger partial charge in [-0.05, 0) is 55.6 Å². The smallest absolute Gasteiger partial charge is 0.289 e. The molecule has 0 unspecified atom stereocenters. The molecule has 4 amide bonds. The Bertz CT molecular complexity index is 1450. The molecule has 268 valence electrons. The highest BCUT2D eigenvalue weighted by Crippen LogP contribution is 2.41. The lowest BCUT2D eigenvalue weighted by Crippen LogP contribution is -2.59. The number of rotatable bonds is 12. The molecule has 1 aromatic carbocycles. The standard InChI is InChI=1S/C37H52ClN5O6/c1-5-39-34(47)31(45)27(17-24-15-16-24)40-33(46)29-21-37(20-28(42-49-37)25-13-10-14-26(38)19-25)22-43(29)35(48)32(36(2,3)4)41-30(44)18-23-11-8-6-7-9-12-23/h10,13-14,19,23-24,27,29,32H,5-9,11-12,15-18,20-22H2,1-4H3,(H,39,47)(H,40,46)(H,41,44)/t27-,29-,32+,37+/m0/s1. The number of likely N-dealkylation sites (N-methyl/N-ethyl adjacent to an activating group) is 1. The molecule has 5 rings (SSSR count). The van der Waals surface area contributed by atoms with Crippen LogP contribution in [-0.4, -0.2) is 76.8 Å². The van der Waals surface area contributed by atoms with Gasteiger partial charge in [-0.1, -0.05) is 88.2 Å². The van der Waals surface area contributed by atoms with Crippen molar-refractivity contribution in [1.82, 2.24) is 20.9 Å². The second-order valence-corrected chi connectivity index (χ2v) is 16.0. The maximum absolute atomic E-state index is 14.6. The molecule has 2 aliphatic heterocycles. The summed E-state index contributed by atoms with van der Waals surface area (Å²) in [6.07, 6.45) is 9.61. The van der Waals surface area contributed by atoms with Gasteiger partial charge in [-0.25, -0.2) is 0 Å². The number of halogens is 1. The van der Waals surface area contributed by atoms with Gasteiger partial charge in [0.05, 0.1) is 18.3 Å². The third-order valence-corrected chi connectivity index (χ3v) is 10.5. The molecule has 3 fully saturated rings. The third kappa shape index (κ3) is 9.41. The quantitative estimate of drug-likeness (QED) is 0.214. The zero-order valence-electron chi connectivity index (χ0n) is 29.3. The molecule has 0 radical (unpaired) electrons. The maximum atomic E-state index is 14.6. The fourth-order valence-electron chi connectivity index (χ4n) is 7.41. The molecule has 1 aromatic rings. The van der Waals surface area contributed by atoms with Gasteiger partial charge in [0.25, 0.3) is 5.91 Å². The average Bonchev–Trinajstić information content (AvgIpc) is 3.73. The lowest BCUT2D eigenvalue weighted by atomic mass is 9.85. The zero-order valence-corrected chi connectivity index (χ0v) is 30.1. The predicted octanol–water partition coefficient (Wildman–Crippen LogP) is 4.69. The Morgan fingerprint density at radius 2 is 1.73 bits per heavy atom. The highest BCUT2D eigenvalue weighted by atomic mass is 35.5. The van der Waals surface area contributed by atoms with Gasteiger partial charge in [-0.3, -0.25) is 24.0 Å². The molecule has 0 aromatic heterocycles. The number of nitrogens with one attached hydrogen (secondary N) is 3. The molecular formula is C37H52ClN5O6. The lowest BCUT2D eigenvalue weighted by molar-refractivity contribution is -0.145. The van der Waals surface area contributed by atoms with E-state index < -0.39 is 52.6 Å². The Morgan fingerprint density at radius 3 is 2.37 bits per heavy atom. The number of carbonyl (C=O) groups excluding carboxylic acids is 5. The van der Waals surface area contributed by atoms with Crippen LogP contribution in [0.5, 0.6) is 0 Å². The van der Waals surface area contributed by atoms with Gasteiger partial charge in [0.2, 0.25) is 23.5 Å². The number of hydrogen-bond acceptors (Lipinski definition) is 7. The Hall–Kier alpha value is -3.47. The fourth-order valence-corrected chi connectivity index (χ4v) is 7.60. The number of carbonyl (C=O) groups is 5. The molecule has 2 aliphatic carbocycles. The first-order valence-corrected chi connectivity index (χ1v) is 18.4. The van der Waals surface area contributed by atoms with E-state index in [0.29, 0.717) is 30.0 Å². The van der Waals surface area contributed by atoms with Crippen LogP contribution in [-0.2, 0) is 28.8 Å². The van der Waals surface area contributed by atoms with Crippen molar-refractivity contribution in [3.05, 3.63) is 34.9 Å². The molecule has 2 saturated carbocycles. The number of ketones is 1. The summed E-state index contributed by atoms with van der Waals surface area (Å²) in [6, 6.07) is 4.32. The minimum Gasteiger partial charge on any atom is -0.387 e. The third-order valence-electron chi connectivity index (χ3n) is 10.3. The summed E-state index contributed by atoms with van der Waals surface area (Å²) in [6.45, 7) is 7.75. The molecular weight excluding hydrogens is 646 g/mol. The number of likely N-dealkylation sites (tertiary alicyclic amines) is 1. The molecule has 11 nitrogen and oxygen atoms in total. The number of hydrogen-bond donors (Lipinski definition) is 3. The topological polar surface area (TPSA) is 146 Å². The zero-order chi connectivity index (χ0) is 35.3. The van der Waals surface area contributed by atoms with Crippen LogP contribution < -0.4 is 16.0 Å². The van der Waals surface area contributed by atoms with Crippen molar-refractivity contribution in [2.75, 3.05) is 13.1 Å². The van der Waals surface area contributed by atoms with E-state index in [1.165, 1.54) is 17.7 Å². The van der Waals surface area contributed by atoms with Crippen molar-refractivity contribution in [2.24, 2.45) is 22.4 Å². The van der Waals surface area contributed by atoms with E-state index in [-0.39, 0.29) is 37.3 Å². The Balaban J connectivity index is 1.39. The van der Waals surface area contributed by atoms with E-state index in [0.717, 1.165) is 44.1 Å². The minimum absolute atomic E-state index is 0.0557. The molecule has 1 saturated heterocycles. The normalized spacial score (nSPS) is 24.0. The summed E-state index contributed by atoms with van der Waals surface area (Å²) in [4.78, 5) is 75.6. The van der Waals surface area contributed by atoms with Crippen LogP contribution in [0, 0.1) is 17.3 Å². The SMILES string of the molecule is CCNC(=O)C(=O)[C@H](CC1CC1)NC(=O)[C@@H]1C[C@]2(CC(c3cccc(Cl)c3)=NO2)CN1C(=O)[C@@H](NC(=O)CC1CCCCCC1)C(C)(C)C. The van der Waals surface area contributed by atoms with Crippen LogP contribution >= 0.6 is 11.6 Å². The van der Waals surface area contributed by atoms with Crippen LogP contribution in [0.1, 0.15) is 110 Å². The van der Waals surface area contributed by atoms with Crippen molar-refractivity contribution >= 4 is 46.7 Å². The first-order chi connectivity index (χ1) is 23.3. The Kier molecular flexibility index (Phi) is 11.7. The van der Waals surface area contributed by atoms with E-state index in [1.807, 2.05) is 32.9 Å². The highest BCUT2D eigenvalue weighted by molar-refractivity contribution is 6.38. The molecule has 4 atom stereocenters. The summed E-state index contributed by atoms with van der Waals surface area (Å²) in [5.74, 6) is -2.01. The summed E-state index contributed by atoms with van der Waals surface area (Å²) in [5, 5.41) is 13.4. The molecule has 12 heteroatoms. The average molecular weight is 698 g/mol. The largest absolute Gasteiger partial charge is 0.387 e. The van der Waals surface area contributed by atoms with Gasteiger partial charge < -0.3 is 25.7 Å². The van der Waals surface area contributed by atoms with Crippen molar-refractivity contribution in [1.29, 1.82) is 0 Å². The number of oxime groups is 1. The molecule has 2 heterocycles. The molecule has 49 heavy (non-hydrogen) atoms. The van der Waals surface area contributed by atoms with Crippen molar-refractivity contribution in [3.63, 3.8) is 0 Å². The van der Waals surface area contributed by atoms with Crippen LogP contribution in [0.15, 0.2) is 29.4 Å². The summed E-state index contributed by atoms with van der Waals surface area (Å²) < 4.78 is 0. The van der Waals surface area contributed by atoms with Crippen LogP contribution in [0.2, 0.25) is 5.02 Å². The van der Waals surface area contributed by atoms with Gasteiger partial charge in [0.15, 0.2) is 5.60 Å². The monoisotopic (exact) mass is 697 g/mol. The van der Waals surface area contributed by atoms with Gasteiger partial charge in [-0.2, -0.15) is 0 Å². The summed E-state index contributed by atoms with van der Waals surface area (Å²) >= 11 is 6.26.